The molecule has 1 aromatic carbocycles. The van der Waals surface area contributed by atoms with Crippen LogP contribution in [0.2, 0.25) is 0 Å². The summed E-state index contributed by atoms with van der Waals surface area (Å²) < 4.78 is 16.2. The summed E-state index contributed by atoms with van der Waals surface area (Å²) in [6.45, 7) is 6.05. The van der Waals surface area contributed by atoms with Crippen LogP contribution < -0.4 is 0 Å². The number of nitrogens with one attached hydrogen (secondary N) is 1. The van der Waals surface area contributed by atoms with Crippen LogP contribution in [0.3, 0.4) is 0 Å². The zero-order chi connectivity index (χ0) is 21.9. The number of hydrogen-bond acceptors (Lipinski definition) is 3. The molecule has 2 N–H and O–H groups in total. The number of aromatic amines is 1. The Balaban J connectivity index is 1.83. The van der Waals surface area contributed by atoms with E-state index in [9.17, 15) is 14.3 Å². The van der Waals surface area contributed by atoms with Gasteiger partial charge in [-0.3, -0.25) is 9.89 Å². The number of halogens is 1. The number of nitrogens with zero attached hydrogens (tertiary/aromatic N) is 3. The van der Waals surface area contributed by atoms with Crippen LogP contribution in [0.25, 0.3) is 27.8 Å². The van der Waals surface area contributed by atoms with Gasteiger partial charge in [0.05, 0.1) is 23.1 Å². The predicted molar refractivity (Wildman–Crippen MR) is 117 cm³/mol. The smallest absolute Gasteiger partial charge is 0.306 e. The van der Waals surface area contributed by atoms with E-state index in [1.54, 1.807) is 19.2 Å². The van der Waals surface area contributed by atoms with E-state index in [4.69, 9.17) is 4.98 Å². The average Bonchev–Trinajstić information content (AvgIpc) is 3.44. The molecule has 0 aliphatic heterocycles. The highest BCUT2D eigenvalue weighted by Gasteiger charge is 2.35. The second-order valence-corrected chi connectivity index (χ2v) is 8.93. The van der Waals surface area contributed by atoms with Gasteiger partial charge in [-0.15, -0.1) is 0 Å². The number of aliphatic carboxylic acids is 1. The number of carbonyl (C=O) groups is 1. The topological polar surface area (TPSA) is 83.8 Å². The van der Waals surface area contributed by atoms with Crippen molar-refractivity contribution in [3.8, 4) is 5.69 Å². The number of rotatable bonds is 4. The lowest BCUT2D eigenvalue weighted by molar-refractivity contribution is -0.141. The number of pyridine rings is 1. The largest absolute Gasteiger partial charge is 0.481 e. The Morgan fingerprint density at radius 2 is 2.10 bits per heavy atom. The van der Waals surface area contributed by atoms with E-state index in [1.807, 2.05) is 6.07 Å². The molecule has 1 fully saturated rings. The fraction of sp³-hybridized carbons (Fsp3) is 0.375. The van der Waals surface area contributed by atoms with Crippen molar-refractivity contribution in [1.29, 1.82) is 0 Å². The van der Waals surface area contributed by atoms with Crippen molar-refractivity contribution in [3.63, 3.8) is 0 Å². The van der Waals surface area contributed by atoms with Crippen molar-refractivity contribution in [2.45, 2.75) is 51.9 Å². The van der Waals surface area contributed by atoms with E-state index in [-0.39, 0.29) is 23.6 Å². The van der Waals surface area contributed by atoms with Gasteiger partial charge in [-0.1, -0.05) is 13.8 Å². The van der Waals surface area contributed by atoms with Gasteiger partial charge < -0.3 is 9.67 Å². The molecule has 1 saturated carbocycles. The zero-order valence-corrected chi connectivity index (χ0v) is 17.8. The first-order valence-electron chi connectivity index (χ1n) is 10.7. The summed E-state index contributed by atoms with van der Waals surface area (Å²) in [6.07, 6.45) is 3.85. The first-order chi connectivity index (χ1) is 14.8. The van der Waals surface area contributed by atoms with Gasteiger partial charge in [0.1, 0.15) is 5.82 Å². The molecule has 6 nitrogen and oxygen atoms in total. The molecule has 2 atom stereocenters. The minimum atomic E-state index is -0.726. The van der Waals surface area contributed by atoms with E-state index in [1.165, 1.54) is 6.07 Å². The number of fused-ring (bicyclic) bond motifs is 2. The third-order valence-corrected chi connectivity index (χ3v) is 6.56. The van der Waals surface area contributed by atoms with Crippen molar-refractivity contribution in [3.05, 3.63) is 53.1 Å². The number of benzene rings is 1. The Bertz CT molecular complexity index is 1320. The van der Waals surface area contributed by atoms with Gasteiger partial charge in [-0.25, -0.2) is 9.37 Å². The van der Waals surface area contributed by atoms with E-state index < -0.39 is 5.97 Å². The molecule has 31 heavy (non-hydrogen) atoms. The molecule has 4 aromatic rings. The number of carboxylic acid groups (broad SMARTS) is 1. The van der Waals surface area contributed by atoms with Crippen LogP contribution >= 0.6 is 0 Å². The molecule has 7 heteroatoms. The van der Waals surface area contributed by atoms with Gasteiger partial charge in [0.15, 0.2) is 5.65 Å². The van der Waals surface area contributed by atoms with Gasteiger partial charge in [-0.2, -0.15) is 5.10 Å². The third kappa shape index (κ3) is 3.10. The van der Waals surface area contributed by atoms with Crippen LogP contribution in [0.1, 0.15) is 61.8 Å². The summed E-state index contributed by atoms with van der Waals surface area (Å²) in [5.41, 5.74) is 6.23. The van der Waals surface area contributed by atoms with Crippen molar-refractivity contribution < 1.29 is 14.3 Å². The van der Waals surface area contributed by atoms with Crippen LogP contribution in [-0.2, 0) is 4.79 Å². The first-order valence-corrected chi connectivity index (χ1v) is 10.7. The van der Waals surface area contributed by atoms with Gasteiger partial charge in [0.25, 0.3) is 0 Å². The van der Waals surface area contributed by atoms with E-state index >= 15 is 0 Å². The molecule has 1 aliphatic carbocycles. The molecule has 160 valence electrons. The van der Waals surface area contributed by atoms with Gasteiger partial charge >= 0.3 is 5.97 Å². The monoisotopic (exact) mass is 420 g/mol. The van der Waals surface area contributed by atoms with Crippen molar-refractivity contribution >= 4 is 28.0 Å². The minimum absolute atomic E-state index is 0.122. The van der Waals surface area contributed by atoms with E-state index in [0.29, 0.717) is 24.1 Å². The van der Waals surface area contributed by atoms with Crippen LogP contribution in [0.4, 0.5) is 4.39 Å². The lowest BCUT2D eigenvalue weighted by Crippen LogP contribution is -2.10. The van der Waals surface area contributed by atoms with Gasteiger partial charge in [-0.05, 0) is 67.9 Å². The summed E-state index contributed by atoms with van der Waals surface area (Å²) in [5.74, 6) is -0.990. The van der Waals surface area contributed by atoms with E-state index in [2.05, 4.69) is 34.7 Å². The Hall–Kier alpha value is -3.22. The third-order valence-electron chi connectivity index (χ3n) is 6.56. The Labute approximate surface area is 179 Å². The lowest BCUT2D eigenvalue weighted by Gasteiger charge is -2.18. The SMILES string of the molecule is Cc1cc(-n2c(C(C)C)c([C@@H]3CC[C@@H](C(=O)O)C3)c3nc4[nH]ncc4cc32)ccc1F. The summed E-state index contributed by atoms with van der Waals surface area (Å²) in [7, 11) is 0. The average molecular weight is 420 g/mol. The lowest BCUT2D eigenvalue weighted by atomic mass is 9.91. The van der Waals surface area contributed by atoms with Crippen LogP contribution in [0, 0.1) is 18.7 Å². The minimum Gasteiger partial charge on any atom is -0.481 e. The fourth-order valence-corrected chi connectivity index (χ4v) is 5.09. The quantitative estimate of drug-likeness (QED) is 0.460. The number of carboxylic acids is 1. The Morgan fingerprint density at radius 3 is 2.77 bits per heavy atom. The maximum atomic E-state index is 14.0. The molecule has 0 amide bonds. The normalized spacial score (nSPS) is 19.1. The van der Waals surface area contributed by atoms with E-state index in [0.717, 1.165) is 39.8 Å². The first kappa shape index (κ1) is 19.7. The molecule has 3 heterocycles. The van der Waals surface area contributed by atoms with Crippen molar-refractivity contribution in [2.75, 3.05) is 0 Å². The number of hydrogen-bond donors (Lipinski definition) is 2. The molecule has 0 bridgehead atoms. The highest BCUT2D eigenvalue weighted by molar-refractivity contribution is 5.93. The summed E-state index contributed by atoms with van der Waals surface area (Å²) in [4.78, 5) is 16.5. The molecule has 0 unspecified atom stereocenters. The van der Waals surface area contributed by atoms with Crippen LogP contribution in [-0.4, -0.2) is 30.8 Å². The molecule has 0 spiro atoms. The maximum absolute atomic E-state index is 14.0. The zero-order valence-electron chi connectivity index (χ0n) is 17.8. The maximum Gasteiger partial charge on any atom is 0.306 e. The molecule has 1 aliphatic rings. The molecule has 0 radical (unpaired) electrons. The Morgan fingerprint density at radius 1 is 1.29 bits per heavy atom. The molecular formula is C24H25FN4O2. The standard InChI is InChI=1S/C24H25FN4O2/c1-12(2)22-20(14-4-5-15(9-14)24(30)31)21-19(10-16-11-26-28-23(16)27-21)29(22)17-6-7-18(25)13(3)8-17/h6-8,10-12,14-15H,4-5,9H2,1-3H3,(H,30,31)(H,26,27,28)/t14-,15-/m1/s1. The number of aryl methyl sites for hydroxylation is 1. The molecule has 3 aromatic heterocycles. The predicted octanol–water partition coefficient (Wildman–Crippen LogP) is 5.44. The van der Waals surface area contributed by atoms with Crippen LogP contribution in [0.5, 0.6) is 0 Å². The second kappa shape index (κ2) is 7.18. The van der Waals surface area contributed by atoms with Crippen molar-refractivity contribution in [1.82, 2.24) is 19.7 Å². The second-order valence-electron chi connectivity index (χ2n) is 8.93. The highest BCUT2D eigenvalue weighted by atomic mass is 19.1. The number of H-pyrrole nitrogens is 1. The fourth-order valence-electron chi connectivity index (χ4n) is 5.09. The van der Waals surface area contributed by atoms with Gasteiger partial charge in [0.2, 0.25) is 0 Å². The summed E-state index contributed by atoms with van der Waals surface area (Å²) in [5, 5.41) is 17.5. The highest BCUT2D eigenvalue weighted by Crippen LogP contribution is 2.46. The number of aromatic nitrogens is 4. The molecular weight excluding hydrogens is 395 g/mol. The summed E-state index contributed by atoms with van der Waals surface area (Å²) in [6, 6.07) is 7.23. The van der Waals surface area contributed by atoms with Crippen molar-refractivity contribution in [2.24, 2.45) is 5.92 Å². The van der Waals surface area contributed by atoms with Crippen LogP contribution in [0.15, 0.2) is 30.5 Å². The van der Waals surface area contributed by atoms with Gasteiger partial charge in [0, 0.05) is 22.3 Å². The molecule has 0 saturated heterocycles. The Kier molecular flexibility index (Phi) is 4.57. The summed E-state index contributed by atoms with van der Waals surface area (Å²) >= 11 is 0. The molecule has 5 rings (SSSR count).